The average molecular weight is 219 g/mol. The number of aliphatic hydroxyl groups excluding tert-OH is 1. The van der Waals surface area contributed by atoms with Gasteiger partial charge < -0.3 is 17.5 Å². The van der Waals surface area contributed by atoms with Gasteiger partial charge in [0.05, 0.1) is 13.7 Å². The van der Waals surface area contributed by atoms with E-state index in [4.69, 9.17) is 0 Å². The largest absolute Gasteiger partial charge is 1.00 e. The van der Waals surface area contributed by atoms with Crippen molar-refractivity contribution in [2.75, 3.05) is 6.61 Å². The smallest absolute Gasteiger partial charge is 0.243 e. The molecule has 0 fully saturated rings. The van der Waals surface area contributed by atoms with Gasteiger partial charge in [0.2, 0.25) is 6.33 Å². The molecular weight excluding hydrogens is 200 g/mol. The molecule has 1 aromatic heterocycles. The summed E-state index contributed by atoms with van der Waals surface area (Å²) in [6.07, 6.45) is 7.01. The molecule has 1 N–H and O–H groups in total. The second kappa shape index (κ2) is 6.04. The molecule has 82 valence electrons. The number of nitrogens with zero attached hydrogens (tertiary/aromatic N) is 2. The second-order valence-electron chi connectivity index (χ2n) is 3.99. The van der Waals surface area contributed by atoms with E-state index in [9.17, 15) is 5.11 Å². The SMILES string of the molecule is CC(C)C[C@@H](CO)n1cc[n+](C)c1.[Cl-]. The molecule has 0 aliphatic heterocycles. The molecule has 0 bridgehead atoms. The number of rotatable bonds is 4. The number of hydrogen-bond acceptors (Lipinski definition) is 1. The van der Waals surface area contributed by atoms with E-state index in [0.717, 1.165) is 6.42 Å². The second-order valence-corrected chi connectivity index (χ2v) is 3.99. The van der Waals surface area contributed by atoms with Gasteiger partial charge in [-0.05, 0) is 12.3 Å². The molecule has 0 radical (unpaired) electrons. The first-order valence-corrected chi connectivity index (χ1v) is 4.77. The quantitative estimate of drug-likeness (QED) is 0.577. The Morgan fingerprint density at radius 2 is 2.07 bits per heavy atom. The zero-order chi connectivity index (χ0) is 9.84. The zero-order valence-corrected chi connectivity index (χ0v) is 9.78. The molecule has 14 heavy (non-hydrogen) atoms. The van der Waals surface area contributed by atoms with Gasteiger partial charge >= 0.3 is 0 Å². The molecule has 3 nitrogen and oxygen atoms in total. The highest BCUT2D eigenvalue weighted by Crippen LogP contribution is 2.15. The van der Waals surface area contributed by atoms with Crippen LogP contribution in [0.5, 0.6) is 0 Å². The Balaban J connectivity index is 0.00000169. The minimum atomic E-state index is 0. The number of aliphatic hydroxyl groups is 1. The number of hydrogen-bond donors (Lipinski definition) is 1. The lowest BCUT2D eigenvalue weighted by Crippen LogP contribution is -3.00. The van der Waals surface area contributed by atoms with Crippen molar-refractivity contribution in [2.24, 2.45) is 13.0 Å². The molecule has 0 saturated carbocycles. The predicted molar refractivity (Wildman–Crippen MR) is 51.2 cm³/mol. The van der Waals surface area contributed by atoms with Crippen LogP contribution in [-0.4, -0.2) is 16.3 Å². The maximum Gasteiger partial charge on any atom is 0.243 e. The predicted octanol–water partition coefficient (Wildman–Crippen LogP) is -2.10. The van der Waals surface area contributed by atoms with Crippen molar-refractivity contribution in [3.05, 3.63) is 18.7 Å². The third-order valence-electron chi connectivity index (χ3n) is 2.17. The molecule has 0 aliphatic rings. The summed E-state index contributed by atoms with van der Waals surface area (Å²) < 4.78 is 4.06. The van der Waals surface area contributed by atoms with Crippen LogP contribution in [-0.2, 0) is 7.05 Å². The summed E-state index contributed by atoms with van der Waals surface area (Å²) in [6.45, 7) is 4.56. The van der Waals surface area contributed by atoms with Crippen molar-refractivity contribution in [3.8, 4) is 0 Å². The molecule has 4 heteroatoms. The molecule has 0 spiro atoms. The Hall–Kier alpha value is -0.540. The molecule has 1 rings (SSSR count). The minimum Gasteiger partial charge on any atom is -1.00 e. The van der Waals surface area contributed by atoms with Gasteiger partial charge in [0.1, 0.15) is 18.4 Å². The van der Waals surface area contributed by atoms with Gasteiger partial charge in [-0.25, -0.2) is 9.13 Å². The third-order valence-corrected chi connectivity index (χ3v) is 2.17. The van der Waals surface area contributed by atoms with Crippen LogP contribution in [0.15, 0.2) is 18.7 Å². The molecule has 0 saturated heterocycles. The van der Waals surface area contributed by atoms with E-state index in [1.54, 1.807) is 0 Å². The molecular formula is C10H19ClN2O. The summed E-state index contributed by atoms with van der Waals surface area (Å²) in [7, 11) is 1.99. The van der Waals surface area contributed by atoms with E-state index in [-0.39, 0.29) is 25.1 Å². The lowest BCUT2D eigenvalue weighted by Gasteiger charge is -2.12. The first-order valence-electron chi connectivity index (χ1n) is 4.77. The summed E-state index contributed by atoms with van der Waals surface area (Å²) in [5.41, 5.74) is 0. The Morgan fingerprint density at radius 1 is 1.43 bits per heavy atom. The minimum absolute atomic E-state index is 0. The number of imidazole rings is 1. The van der Waals surface area contributed by atoms with Crippen LogP contribution in [0.3, 0.4) is 0 Å². The first-order chi connectivity index (χ1) is 6.13. The summed E-state index contributed by atoms with van der Waals surface area (Å²) in [6, 6.07) is 0.223. The van der Waals surface area contributed by atoms with E-state index in [1.165, 1.54) is 0 Å². The normalized spacial score (nSPS) is 12.6. The number of halogens is 1. The van der Waals surface area contributed by atoms with Crippen LogP contribution < -0.4 is 17.0 Å². The fourth-order valence-corrected chi connectivity index (χ4v) is 1.52. The summed E-state index contributed by atoms with van der Waals surface area (Å²) in [5, 5.41) is 9.21. The topological polar surface area (TPSA) is 29.0 Å². The van der Waals surface area contributed by atoms with E-state index < -0.39 is 0 Å². The van der Waals surface area contributed by atoms with Crippen molar-refractivity contribution in [1.29, 1.82) is 0 Å². The van der Waals surface area contributed by atoms with E-state index in [0.29, 0.717) is 5.92 Å². The summed E-state index contributed by atoms with van der Waals surface area (Å²) >= 11 is 0. The van der Waals surface area contributed by atoms with Gasteiger partial charge in [-0.1, -0.05) is 13.8 Å². The molecule has 0 aliphatic carbocycles. The van der Waals surface area contributed by atoms with Crippen LogP contribution in [0, 0.1) is 5.92 Å². The molecule has 0 amide bonds. The van der Waals surface area contributed by atoms with Crippen LogP contribution in [0.4, 0.5) is 0 Å². The third kappa shape index (κ3) is 3.68. The Morgan fingerprint density at radius 3 is 2.43 bits per heavy atom. The summed E-state index contributed by atoms with van der Waals surface area (Å²) in [4.78, 5) is 0. The maximum absolute atomic E-state index is 9.21. The van der Waals surface area contributed by atoms with Gasteiger partial charge in [0.25, 0.3) is 0 Å². The Labute approximate surface area is 91.8 Å². The van der Waals surface area contributed by atoms with E-state index >= 15 is 0 Å². The van der Waals surface area contributed by atoms with Crippen LogP contribution in [0.1, 0.15) is 26.3 Å². The molecule has 0 aromatic carbocycles. The Kier molecular flexibility index (Phi) is 5.81. The fraction of sp³-hybridized carbons (Fsp3) is 0.700. The van der Waals surface area contributed by atoms with Crippen molar-refractivity contribution in [1.82, 2.24) is 4.57 Å². The van der Waals surface area contributed by atoms with Crippen molar-refractivity contribution in [3.63, 3.8) is 0 Å². The first kappa shape index (κ1) is 13.5. The van der Waals surface area contributed by atoms with Gasteiger partial charge in [0.15, 0.2) is 0 Å². The molecule has 1 heterocycles. The molecule has 1 atom stereocenters. The highest BCUT2D eigenvalue weighted by atomic mass is 35.5. The lowest BCUT2D eigenvalue weighted by atomic mass is 10.0. The van der Waals surface area contributed by atoms with E-state index in [1.807, 2.05) is 30.3 Å². The van der Waals surface area contributed by atoms with Crippen molar-refractivity contribution in [2.45, 2.75) is 26.3 Å². The number of aryl methyl sites for hydroxylation is 1. The Bertz CT molecular complexity index is 260. The molecule has 1 aromatic rings. The average Bonchev–Trinajstić information content (AvgIpc) is 2.47. The van der Waals surface area contributed by atoms with Crippen molar-refractivity contribution >= 4 is 0 Å². The maximum atomic E-state index is 9.21. The highest BCUT2D eigenvalue weighted by molar-refractivity contribution is 4.75. The fourth-order valence-electron chi connectivity index (χ4n) is 1.52. The standard InChI is InChI=1S/C10H19N2O.ClH/c1-9(2)6-10(7-13)12-5-4-11(3)8-12;/h4-5,8-10,13H,6-7H2,1-3H3;1H/q+1;/p-1/t10-;/m0./s1. The monoisotopic (exact) mass is 218 g/mol. The highest BCUT2D eigenvalue weighted by Gasteiger charge is 2.16. The molecule has 0 unspecified atom stereocenters. The van der Waals surface area contributed by atoms with Gasteiger partial charge in [0, 0.05) is 0 Å². The van der Waals surface area contributed by atoms with Gasteiger partial charge in [-0.15, -0.1) is 0 Å². The lowest BCUT2D eigenvalue weighted by molar-refractivity contribution is -0.671. The van der Waals surface area contributed by atoms with Crippen molar-refractivity contribution < 1.29 is 22.1 Å². The summed E-state index contributed by atoms with van der Waals surface area (Å²) in [5.74, 6) is 0.616. The van der Waals surface area contributed by atoms with E-state index in [2.05, 4.69) is 18.4 Å². The van der Waals surface area contributed by atoms with Crippen LogP contribution in [0.25, 0.3) is 0 Å². The van der Waals surface area contributed by atoms with Crippen LogP contribution in [0.2, 0.25) is 0 Å². The number of aromatic nitrogens is 2. The van der Waals surface area contributed by atoms with Crippen LogP contribution >= 0.6 is 0 Å². The van der Waals surface area contributed by atoms with Gasteiger partial charge in [-0.3, -0.25) is 0 Å². The van der Waals surface area contributed by atoms with Gasteiger partial charge in [-0.2, -0.15) is 0 Å². The zero-order valence-electron chi connectivity index (χ0n) is 9.02.